The normalized spacial score (nSPS) is 50.5. The van der Waals surface area contributed by atoms with Crippen molar-refractivity contribution in [1.29, 1.82) is 0 Å². The number of aliphatic hydroxyl groups is 1. The molecule has 4 nitrogen and oxygen atoms in total. The largest absolute Gasteiger partial charge is 0.466 e. The van der Waals surface area contributed by atoms with Gasteiger partial charge in [0.15, 0.2) is 0 Å². The summed E-state index contributed by atoms with van der Waals surface area (Å²) >= 11 is 0. The Kier molecular flexibility index (Phi) is 4.96. The summed E-state index contributed by atoms with van der Waals surface area (Å²) in [5, 5.41) is 11.7. The molecule has 1 N–H and O–H groups in total. The standard InChI is InChI=1S/C24H38O4/c1-15-13-19-20-6-5-17(9-12-28-16(2)25)22(20,3)10-8-21(19)23(4)11-7-18(26)14-24(15,23)27/h15,17,19-21,27H,5-14H2,1-4H3. The summed E-state index contributed by atoms with van der Waals surface area (Å²) in [6.45, 7) is 9.00. The van der Waals surface area contributed by atoms with E-state index in [4.69, 9.17) is 4.74 Å². The summed E-state index contributed by atoms with van der Waals surface area (Å²) < 4.78 is 5.26. The topological polar surface area (TPSA) is 63.6 Å². The summed E-state index contributed by atoms with van der Waals surface area (Å²) in [5.74, 6) is 2.79. The van der Waals surface area contributed by atoms with Crippen molar-refractivity contribution in [2.24, 2.45) is 40.4 Å². The van der Waals surface area contributed by atoms with Gasteiger partial charge in [-0.1, -0.05) is 20.8 Å². The van der Waals surface area contributed by atoms with Crippen molar-refractivity contribution >= 4 is 11.8 Å². The number of esters is 1. The minimum absolute atomic E-state index is 0.125. The van der Waals surface area contributed by atoms with Crippen LogP contribution in [0.4, 0.5) is 0 Å². The third kappa shape index (κ3) is 2.80. The lowest BCUT2D eigenvalue weighted by atomic mass is 9.41. The average molecular weight is 391 g/mol. The molecule has 0 spiro atoms. The van der Waals surface area contributed by atoms with Crippen LogP contribution in [0, 0.1) is 40.4 Å². The minimum Gasteiger partial charge on any atom is -0.466 e. The maximum absolute atomic E-state index is 12.2. The Balaban J connectivity index is 1.56. The number of hydrogen-bond acceptors (Lipinski definition) is 4. The summed E-state index contributed by atoms with van der Waals surface area (Å²) in [6.07, 6.45) is 8.77. The SMILES string of the molecule is CC(=O)OCCC1CCC2C3CC(C)C4(O)CC(=O)CCC4(C)C3CCC12C. The van der Waals surface area contributed by atoms with Gasteiger partial charge in [-0.2, -0.15) is 0 Å². The molecular weight excluding hydrogens is 352 g/mol. The highest BCUT2D eigenvalue weighted by Gasteiger charge is 2.66. The van der Waals surface area contributed by atoms with Crippen molar-refractivity contribution in [3.05, 3.63) is 0 Å². The molecule has 0 radical (unpaired) electrons. The lowest BCUT2D eigenvalue weighted by molar-refractivity contribution is -0.227. The molecule has 0 aliphatic heterocycles. The molecule has 0 saturated heterocycles. The van der Waals surface area contributed by atoms with E-state index in [0.717, 1.165) is 19.3 Å². The molecule has 8 unspecified atom stereocenters. The van der Waals surface area contributed by atoms with Crippen LogP contribution in [0.25, 0.3) is 0 Å². The first-order valence-corrected chi connectivity index (χ1v) is 11.5. The van der Waals surface area contributed by atoms with Gasteiger partial charge >= 0.3 is 5.97 Å². The van der Waals surface area contributed by atoms with Crippen LogP contribution in [0.3, 0.4) is 0 Å². The zero-order valence-corrected chi connectivity index (χ0v) is 18.1. The number of ether oxygens (including phenoxy) is 1. The first-order chi connectivity index (χ1) is 13.1. The Morgan fingerprint density at radius 2 is 1.93 bits per heavy atom. The van der Waals surface area contributed by atoms with E-state index < -0.39 is 5.60 Å². The lowest BCUT2D eigenvalue weighted by Crippen LogP contribution is -2.65. The average Bonchev–Trinajstić information content (AvgIpc) is 2.94. The Morgan fingerprint density at radius 3 is 2.64 bits per heavy atom. The number of carbonyl (C=O) groups excluding carboxylic acids is 2. The van der Waals surface area contributed by atoms with Crippen LogP contribution < -0.4 is 0 Å². The molecule has 4 aliphatic carbocycles. The summed E-state index contributed by atoms with van der Waals surface area (Å²) in [7, 11) is 0. The number of rotatable bonds is 3. The van der Waals surface area contributed by atoms with Crippen molar-refractivity contribution in [2.75, 3.05) is 6.61 Å². The predicted molar refractivity (Wildman–Crippen MR) is 107 cm³/mol. The first kappa shape index (κ1) is 20.4. The van der Waals surface area contributed by atoms with Gasteiger partial charge in [0, 0.05) is 25.2 Å². The van der Waals surface area contributed by atoms with E-state index in [1.54, 1.807) is 0 Å². The van der Waals surface area contributed by atoms with Crippen LogP contribution in [-0.2, 0) is 14.3 Å². The maximum atomic E-state index is 12.2. The Bertz CT molecular complexity index is 659. The van der Waals surface area contributed by atoms with Crippen LogP contribution in [0.1, 0.15) is 85.5 Å². The number of hydrogen-bond donors (Lipinski definition) is 1. The number of ketones is 1. The van der Waals surface area contributed by atoms with Gasteiger partial charge in [0.25, 0.3) is 0 Å². The molecule has 158 valence electrons. The second-order valence-electron chi connectivity index (χ2n) is 11.0. The van der Waals surface area contributed by atoms with E-state index >= 15 is 0 Å². The molecule has 0 bridgehead atoms. The Morgan fingerprint density at radius 1 is 1.18 bits per heavy atom. The van der Waals surface area contributed by atoms with Gasteiger partial charge in [-0.05, 0) is 80.0 Å². The Labute approximate surface area is 169 Å². The van der Waals surface area contributed by atoms with Gasteiger partial charge in [0.1, 0.15) is 5.78 Å². The molecule has 4 fully saturated rings. The predicted octanol–water partition coefficient (Wildman–Crippen LogP) is 4.53. The molecule has 0 aromatic heterocycles. The third-order valence-corrected chi connectivity index (χ3v) is 10.0. The molecular formula is C24H38O4. The van der Waals surface area contributed by atoms with Crippen LogP contribution in [-0.4, -0.2) is 29.1 Å². The highest BCUT2D eigenvalue weighted by Crippen LogP contribution is 2.69. The molecule has 0 aromatic carbocycles. The van der Waals surface area contributed by atoms with E-state index in [1.807, 2.05) is 0 Å². The summed E-state index contributed by atoms with van der Waals surface area (Å²) in [5.41, 5.74) is -0.609. The highest BCUT2D eigenvalue weighted by molar-refractivity contribution is 5.81. The van der Waals surface area contributed by atoms with Gasteiger partial charge in [-0.3, -0.25) is 9.59 Å². The fourth-order valence-corrected chi connectivity index (χ4v) is 8.39. The second kappa shape index (κ2) is 6.82. The van der Waals surface area contributed by atoms with Crippen molar-refractivity contribution in [3.63, 3.8) is 0 Å². The Hall–Kier alpha value is -0.900. The van der Waals surface area contributed by atoms with Crippen molar-refractivity contribution in [1.82, 2.24) is 0 Å². The molecule has 4 heteroatoms. The lowest BCUT2D eigenvalue weighted by Gasteiger charge is -2.65. The van der Waals surface area contributed by atoms with Crippen LogP contribution in [0.2, 0.25) is 0 Å². The first-order valence-electron chi connectivity index (χ1n) is 11.5. The molecule has 4 saturated carbocycles. The third-order valence-electron chi connectivity index (χ3n) is 10.0. The van der Waals surface area contributed by atoms with E-state index in [0.29, 0.717) is 48.5 Å². The number of fused-ring (bicyclic) bond motifs is 5. The molecule has 4 rings (SSSR count). The molecule has 8 atom stereocenters. The number of Topliss-reactive ketones (excluding diaryl/α,β-unsaturated/α-hetero) is 1. The fraction of sp³-hybridized carbons (Fsp3) is 0.917. The van der Waals surface area contributed by atoms with E-state index in [2.05, 4.69) is 20.8 Å². The van der Waals surface area contributed by atoms with Crippen LogP contribution in [0.15, 0.2) is 0 Å². The van der Waals surface area contributed by atoms with Crippen LogP contribution in [0.5, 0.6) is 0 Å². The fourth-order valence-electron chi connectivity index (χ4n) is 8.39. The summed E-state index contributed by atoms with van der Waals surface area (Å²) in [6, 6.07) is 0. The van der Waals surface area contributed by atoms with Crippen molar-refractivity contribution < 1.29 is 19.4 Å². The van der Waals surface area contributed by atoms with Gasteiger partial charge < -0.3 is 9.84 Å². The second-order valence-corrected chi connectivity index (χ2v) is 11.0. The quantitative estimate of drug-likeness (QED) is 0.719. The van der Waals surface area contributed by atoms with Crippen molar-refractivity contribution in [3.8, 4) is 0 Å². The van der Waals surface area contributed by atoms with E-state index in [-0.39, 0.29) is 23.1 Å². The van der Waals surface area contributed by atoms with Gasteiger partial charge in [0.2, 0.25) is 0 Å². The summed E-state index contributed by atoms with van der Waals surface area (Å²) in [4.78, 5) is 23.4. The number of carbonyl (C=O) groups is 2. The van der Waals surface area contributed by atoms with Gasteiger partial charge in [-0.15, -0.1) is 0 Å². The van der Waals surface area contributed by atoms with E-state index in [9.17, 15) is 14.7 Å². The van der Waals surface area contributed by atoms with Gasteiger partial charge in [0.05, 0.1) is 12.2 Å². The highest BCUT2D eigenvalue weighted by atomic mass is 16.5. The molecule has 0 heterocycles. The van der Waals surface area contributed by atoms with Gasteiger partial charge in [-0.25, -0.2) is 0 Å². The molecule has 0 amide bonds. The monoisotopic (exact) mass is 390 g/mol. The van der Waals surface area contributed by atoms with Crippen molar-refractivity contribution in [2.45, 2.75) is 91.1 Å². The van der Waals surface area contributed by atoms with Crippen LogP contribution >= 0.6 is 0 Å². The zero-order valence-electron chi connectivity index (χ0n) is 18.1. The maximum Gasteiger partial charge on any atom is 0.302 e. The minimum atomic E-state index is -0.815. The van der Waals surface area contributed by atoms with E-state index in [1.165, 1.54) is 32.6 Å². The molecule has 4 aliphatic rings. The zero-order chi connectivity index (χ0) is 20.3. The molecule has 0 aromatic rings. The smallest absolute Gasteiger partial charge is 0.302 e. The molecule has 28 heavy (non-hydrogen) atoms.